The van der Waals surface area contributed by atoms with Crippen molar-refractivity contribution in [2.24, 2.45) is 0 Å². The van der Waals surface area contributed by atoms with Crippen molar-refractivity contribution in [3.05, 3.63) is 78.1 Å². The molecule has 2 heterocycles. The fourth-order valence-corrected chi connectivity index (χ4v) is 5.81. The van der Waals surface area contributed by atoms with E-state index < -0.39 is 15.9 Å². The minimum atomic E-state index is -3.74. The zero-order chi connectivity index (χ0) is 24.6. The highest BCUT2D eigenvalue weighted by Crippen LogP contribution is 2.35. The Bertz CT molecular complexity index is 1510. The Kier molecular flexibility index (Phi) is 5.86. The number of fused-ring (bicyclic) bond motifs is 2. The second-order valence-electron chi connectivity index (χ2n) is 8.14. The summed E-state index contributed by atoms with van der Waals surface area (Å²) >= 11 is 0. The van der Waals surface area contributed by atoms with Gasteiger partial charge in [-0.2, -0.15) is 0 Å². The van der Waals surface area contributed by atoms with E-state index in [-0.39, 0.29) is 10.7 Å². The largest absolute Gasteiger partial charge is 0.497 e. The topological polar surface area (TPSA) is 98.1 Å². The Labute approximate surface area is 203 Å². The molecule has 0 spiro atoms. The van der Waals surface area contributed by atoms with E-state index in [9.17, 15) is 13.2 Å². The first kappa shape index (κ1) is 22.8. The summed E-state index contributed by atoms with van der Waals surface area (Å²) in [7, 11) is -0.660. The van der Waals surface area contributed by atoms with Gasteiger partial charge in [-0.15, -0.1) is 0 Å². The number of anilines is 2. The first-order valence-corrected chi connectivity index (χ1v) is 12.5. The predicted octanol–water partition coefficient (Wildman–Crippen LogP) is 4.84. The molecule has 0 fully saturated rings. The Morgan fingerprint density at radius 3 is 2.54 bits per heavy atom. The van der Waals surface area contributed by atoms with Gasteiger partial charge in [0.1, 0.15) is 5.75 Å². The number of hydrogen-bond donors (Lipinski definition) is 1. The van der Waals surface area contributed by atoms with Crippen LogP contribution in [0.15, 0.2) is 76.0 Å². The molecule has 180 valence electrons. The number of hydrogen-bond acceptors (Lipinski definition) is 6. The van der Waals surface area contributed by atoms with Crippen LogP contribution in [0, 0.1) is 0 Å². The van der Waals surface area contributed by atoms with Crippen LogP contribution in [0.2, 0.25) is 0 Å². The van der Waals surface area contributed by atoms with E-state index >= 15 is 0 Å². The van der Waals surface area contributed by atoms with Gasteiger partial charge in [-0.25, -0.2) is 8.42 Å². The predicted molar refractivity (Wildman–Crippen MR) is 133 cm³/mol. The Morgan fingerprint density at radius 1 is 1.00 bits per heavy atom. The molecule has 8 nitrogen and oxygen atoms in total. The van der Waals surface area contributed by atoms with Crippen molar-refractivity contribution in [1.29, 1.82) is 0 Å². The van der Waals surface area contributed by atoms with Gasteiger partial charge in [0.15, 0.2) is 17.1 Å². The van der Waals surface area contributed by atoms with Gasteiger partial charge in [0.2, 0.25) is 0 Å². The van der Waals surface area contributed by atoms with Crippen LogP contribution in [0.1, 0.15) is 22.5 Å². The maximum absolute atomic E-state index is 13.3. The van der Waals surface area contributed by atoms with Crippen LogP contribution in [0.3, 0.4) is 0 Å². The number of benzene rings is 3. The van der Waals surface area contributed by atoms with E-state index in [2.05, 4.69) is 5.32 Å². The molecule has 1 aromatic heterocycles. The van der Waals surface area contributed by atoms with E-state index in [1.165, 1.54) is 11.4 Å². The summed E-state index contributed by atoms with van der Waals surface area (Å²) in [4.78, 5) is 13.0. The molecule has 0 saturated heterocycles. The van der Waals surface area contributed by atoms with E-state index in [0.29, 0.717) is 47.8 Å². The molecule has 1 N–H and O–H groups in total. The van der Waals surface area contributed by atoms with Crippen molar-refractivity contribution in [2.45, 2.75) is 17.7 Å². The van der Waals surface area contributed by atoms with Gasteiger partial charge in [-0.1, -0.05) is 12.1 Å². The Balaban J connectivity index is 1.40. The molecule has 4 aromatic rings. The van der Waals surface area contributed by atoms with Gasteiger partial charge in [0, 0.05) is 17.6 Å². The first-order valence-electron chi connectivity index (χ1n) is 11.1. The lowest BCUT2D eigenvalue weighted by Crippen LogP contribution is -2.35. The zero-order valence-electron chi connectivity index (χ0n) is 19.3. The average Bonchev–Trinajstić information content (AvgIpc) is 3.33. The zero-order valence-corrected chi connectivity index (χ0v) is 20.1. The summed E-state index contributed by atoms with van der Waals surface area (Å²) in [5, 5.41) is 3.61. The van der Waals surface area contributed by atoms with Gasteiger partial charge < -0.3 is 19.2 Å². The number of ether oxygens (including phenoxy) is 2. The van der Waals surface area contributed by atoms with E-state index in [1.807, 2.05) is 18.2 Å². The molecule has 9 heteroatoms. The van der Waals surface area contributed by atoms with Gasteiger partial charge >= 0.3 is 0 Å². The normalized spacial score (nSPS) is 13.4. The Hall–Kier alpha value is -3.98. The SMILES string of the molecule is COc1ccc(S(=O)(=O)N2CCCc3cc(NC(=O)c4cc5cccc(OC)c5o4)ccc32)cc1. The molecule has 0 saturated carbocycles. The molecule has 1 aliphatic heterocycles. The molecule has 1 aliphatic rings. The van der Waals surface area contributed by atoms with Crippen LogP contribution in [-0.4, -0.2) is 35.1 Å². The molecule has 0 unspecified atom stereocenters. The number of carbonyl (C=O) groups excluding carboxylic acids is 1. The quantitative estimate of drug-likeness (QED) is 0.413. The van der Waals surface area contributed by atoms with Crippen molar-refractivity contribution in [1.82, 2.24) is 0 Å². The molecular formula is C26H24N2O6S. The smallest absolute Gasteiger partial charge is 0.291 e. The lowest BCUT2D eigenvalue weighted by Gasteiger charge is -2.31. The van der Waals surface area contributed by atoms with Crippen LogP contribution in [0.4, 0.5) is 11.4 Å². The second kappa shape index (κ2) is 8.99. The van der Waals surface area contributed by atoms with Crippen molar-refractivity contribution >= 4 is 38.3 Å². The van der Waals surface area contributed by atoms with Crippen LogP contribution < -0.4 is 19.1 Å². The van der Waals surface area contributed by atoms with Crippen molar-refractivity contribution in [3.8, 4) is 11.5 Å². The second-order valence-corrected chi connectivity index (χ2v) is 10.0. The molecule has 5 rings (SSSR count). The van der Waals surface area contributed by atoms with E-state index in [0.717, 1.165) is 10.9 Å². The summed E-state index contributed by atoms with van der Waals surface area (Å²) in [6.07, 6.45) is 1.37. The number of carbonyl (C=O) groups is 1. The fraction of sp³-hybridized carbons (Fsp3) is 0.192. The number of sulfonamides is 1. The maximum atomic E-state index is 13.3. The molecule has 3 aromatic carbocycles. The minimum absolute atomic E-state index is 0.158. The molecule has 0 bridgehead atoms. The van der Waals surface area contributed by atoms with Crippen LogP contribution in [0.5, 0.6) is 11.5 Å². The van der Waals surface area contributed by atoms with Gasteiger partial charge in [-0.3, -0.25) is 9.10 Å². The summed E-state index contributed by atoms with van der Waals surface area (Å²) in [6.45, 7) is 0.383. The fourth-order valence-electron chi connectivity index (χ4n) is 4.27. The summed E-state index contributed by atoms with van der Waals surface area (Å²) in [5.41, 5.74) is 2.52. The molecule has 0 radical (unpaired) electrons. The maximum Gasteiger partial charge on any atom is 0.291 e. The number of furan rings is 1. The lowest BCUT2D eigenvalue weighted by atomic mass is 10.0. The number of amides is 1. The summed E-state index contributed by atoms with van der Waals surface area (Å²) in [5.74, 6) is 0.896. The Morgan fingerprint density at radius 2 is 1.80 bits per heavy atom. The minimum Gasteiger partial charge on any atom is -0.497 e. The average molecular weight is 493 g/mol. The third-order valence-corrected chi connectivity index (χ3v) is 7.84. The number of para-hydroxylation sites is 1. The van der Waals surface area contributed by atoms with Crippen molar-refractivity contribution < 1.29 is 27.1 Å². The highest BCUT2D eigenvalue weighted by Gasteiger charge is 2.29. The lowest BCUT2D eigenvalue weighted by molar-refractivity contribution is 0.0998. The molecule has 0 atom stereocenters. The van der Waals surface area contributed by atoms with Gasteiger partial charge in [-0.05, 0) is 73.0 Å². The molecule has 0 aliphatic carbocycles. The van der Waals surface area contributed by atoms with Crippen LogP contribution in [-0.2, 0) is 16.4 Å². The molecule has 1 amide bonds. The molecular weight excluding hydrogens is 468 g/mol. The number of rotatable bonds is 6. The van der Waals surface area contributed by atoms with Crippen LogP contribution in [0.25, 0.3) is 11.0 Å². The van der Waals surface area contributed by atoms with E-state index in [1.54, 1.807) is 55.6 Å². The standard InChI is InChI=1S/C26H24N2O6S/c1-32-20-9-11-21(12-10-20)35(30,31)28-14-4-6-17-15-19(8-13-22(17)28)27-26(29)24-16-18-5-3-7-23(33-2)25(18)34-24/h3,5,7-13,15-16H,4,6,14H2,1-2H3,(H,27,29). The van der Waals surface area contributed by atoms with Crippen molar-refractivity contribution in [3.63, 3.8) is 0 Å². The van der Waals surface area contributed by atoms with Gasteiger partial charge in [0.25, 0.3) is 15.9 Å². The number of nitrogens with zero attached hydrogens (tertiary/aromatic N) is 1. The third kappa shape index (κ3) is 4.19. The highest BCUT2D eigenvalue weighted by atomic mass is 32.2. The first-order chi connectivity index (χ1) is 16.9. The van der Waals surface area contributed by atoms with Gasteiger partial charge in [0.05, 0.1) is 24.8 Å². The number of methoxy groups -OCH3 is 2. The van der Waals surface area contributed by atoms with Crippen molar-refractivity contribution in [2.75, 3.05) is 30.4 Å². The third-order valence-electron chi connectivity index (χ3n) is 6.01. The summed E-state index contributed by atoms with van der Waals surface area (Å²) in [6, 6.07) is 18.7. The number of nitrogens with one attached hydrogen (secondary N) is 1. The number of aryl methyl sites for hydroxylation is 1. The van der Waals surface area contributed by atoms with Crippen LogP contribution >= 0.6 is 0 Å². The monoisotopic (exact) mass is 492 g/mol. The molecule has 35 heavy (non-hydrogen) atoms. The van der Waals surface area contributed by atoms with E-state index in [4.69, 9.17) is 13.9 Å². The highest BCUT2D eigenvalue weighted by molar-refractivity contribution is 7.92. The summed E-state index contributed by atoms with van der Waals surface area (Å²) < 4.78 is 44.2.